The van der Waals surface area contributed by atoms with Crippen LogP contribution >= 0.6 is 12.2 Å². The van der Waals surface area contributed by atoms with E-state index in [1.54, 1.807) is 13.2 Å². The van der Waals surface area contributed by atoms with E-state index in [1.807, 2.05) is 23.6 Å². The molecule has 0 saturated carbocycles. The van der Waals surface area contributed by atoms with Gasteiger partial charge in [-0.2, -0.15) is 4.98 Å². The molecule has 2 aromatic rings. The molecule has 0 spiro atoms. The molecule has 5 heteroatoms. The van der Waals surface area contributed by atoms with Gasteiger partial charge in [0, 0.05) is 6.07 Å². The smallest absolute Gasteiger partial charge is 0.215 e. The summed E-state index contributed by atoms with van der Waals surface area (Å²) in [6.45, 7) is 5.78. The molecule has 4 nitrogen and oxygen atoms in total. The fraction of sp³-hybridized carbons (Fsp3) is 0.273. The average molecular weight is 235 g/mol. The first-order valence-corrected chi connectivity index (χ1v) is 5.36. The highest BCUT2D eigenvalue weighted by Crippen LogP contribution is 2.20. The lowest BCUT2D eigenvalue weighted by molar-refractivity contribution is 0.399. The van der Waals surface area contributed by atoms with Gasteiger partial charge >= 0.3 is 0 Å². The number of ether oxygens (including phenoxy) is 1. The molecule has 1 unspecified atom stereocenters. The third-order valence-electron chi connectivity index (χ3n) is 2.50. The summed E-state index contributed by atoms with van der Waals surface area (Å²) in [4.78, 5) is 7.48. The predicted molar refractivity (Wildman–Crippen MR) is 66.4 cm³/mol. The van der Waals surface area contributed by atoms with Crippen LogP contribution in [-0.4, -0.2) is 21.6 Å². The van der Waals surface area contributed by atoms with Crippen molar-refractivity contribution in [2.75, 3.05) is 7.11 Å². The molecule has 2 aromatic heterocycles. The second kappa shape index (κ2) is 4.09. The summed E-state index contributed by atoms with van der Waals surface area (Å²) >= 11 is 5.25. The first kappa shape index (κ1) is 10.9. The molecule has 0 aliphatic heterocycles. The summed E-state index contributed by atoms with van der Waals surface area (Å²) in [5.74, 6) is 0.575. The number of allylic oxidation sites excluding steroid dienone is 1. The molecule has 0 bridgehead atoms. The number of hydrogen-bond acceptors (Lipinski definition) is 3. The Bertz CT molecular complexity index is 584. The van der Waals surface area contributed by atoms with Crippen molar-refractivity contribution in [3.63, 3.8) is 0 Å². The van der Waals surface area contributed by atoms with Crippen molar-refractivity contribution in [2.45, 2.75) is 13.0 Å². The van der Waals surface area contributed by atoms with Gasteiger partial charge < -0.3 is 9.72 Å². The van der Waals surface area contributed by atoms with Gasteiger partial charge in [0.2, 0.25) is 5.88 Å². The first-order valence-electron chi connectivity index (χ1n) is 4.95. The van der Waals surface area contributed by atoms with Crippen molar-refractivity contribution in [1.29, 1.82) is 0 Å². The second-order valence-electron chi connectivity index (χ2n) is 3.50. The van der Waals surface area contributed by atoms with Crippen molar-refractivity contribution in [3.05, 3.63) is 29.6 Å². The number of methoxy groups -OCH3 is 1. The molecule has 0 aliphatic carbocycles. The van der Waals surface area contributed by atoms with Crippen LogP contribution in [0.1, 0.15) is 13.0 Å². The van der Waals surface area contributed by atoms with E-state index in [4.69, 9.17) is 17.0 Å². The molecule has 0 amide bonds. The number of rotatable bonds is 3. The monoisotopic (exact) mass is 235 g/mol. The molecular formula is C11H13N3OS. The molecule has 84 valence electrons. The maximum Gasteiger partial charge on any atom is 0.215 e. The molecule has 1 N–H and O–H groups in total. The number of fused-ring (bicyclic) bond motifs is 1. The minimum absolute atomic E-state index is 0.0980. The Morgan fingerprint density at radius 1 is 1.62 bits per heavy atom. The molecule has 0 saturated heterocycles. The Balaban J connectivity index is 2.75. The Morgan fingerprint density at radius 3 is 3.00 bits per heavy atom. The van der Waals surface area contributed by atoms with Crippen molar-refractivity contribution in [1.82, 2.24) is 14.5 Å². The summed E-state index contributed by atoms with van der Waals surface area (Å²) in [5, 5.41) is 0. The molecule has 0 aliphatic rings. The van der Waals surface area contributed by atoms with Crippen LogP contribution in [0.5, 0.6) is 5.88 Å². The molecule has 16 heavy (non-hydrogen) atoms. The lowest BCUT2D eigenvalue weighted by atomic mass is 10.3. The normalized spacial score (nSPS) is 12.6. The minimum atomic E-state index is 0.0980. The van der Waals surface area contributed by atoms with Crippen molar-refractivity contribution in [2.24, 2.45) is 0 Å². The number of nitrogens with one attached hydrogen (secondary N) is 1. The van der Waals surface area contributed by atoms with Gasteiger partial charge in [0.15, 0.2) is 10.4 Å². The minimum Gasteiger partial charge on any atom is -0.481 e. The highest BCUT2D eigenvalue weighted by Gasteiger charge is 2.10. The first-order chi connectivity index (χ1) is 7.67. The van der Waals surface area contributed by atoms with E-state index in [0.29, 0.717) is 10.7 Å². The Kier molecular flexibility index (Phi) is 2.78. The zero-order chi connectivity index (χ0) is 11.7. The topological polar surface area (TPSA) is 42.8 Å². The number of H-pyrrole nitrogens is 1. The maximum atomic E-state index is 5.25. The summed E-state index contributed by atoms with van der Waals surface area (Å²) in [5.41, 5.74) is 1.69. The molecule has 0 aromatic carbocycles. The van der Waals surface area contributed by atoms with Gasteiger partial charge in [-0.1, -0.05) is 6.08 Å². The zero-order valence-corrected chi connectivity index (χ0v) is 10.0. The number of pyridine rings is 1. The molecular weight excluding hydrogens is 222 g/mol. The SMILES string of the molecule is C=CC(C)n1c(=S)[nH]c2ccc(OC)nc21. The summed E-state index contributed by atoms with van der Waals surface area (Å²) < 4.78 is 7.66. The summed E-state index contributed by atoms with van der Waals surface area (Å²) in [6, 6.07) is 3.81. The molecule has 1 atom stereocenters. The van der Waals surface area contributed by atoms with Gasteiger partial charge in [-0.25, -0.2) is 0 Å². The number of hydrogen-bond donors (Lipinski definition) is 1. The van der Waals surface area contributed by atoms with Crippen molar-refractivity contribution >= 4 is 23.4 Å². The molecule has 0 radical (unpaired) electrons. The summed E-state index contributed by atoms with van der Waals surface area (Å²) in [7, 11) is 1.59. The van der Waals surface area contributed by atoms with Gasteiger partial charge in [-0.15, -0.1) is 6.58 Å². The van der Waals surface area contributed by atoms with Gasteiger partial charge in [0.1, 0.15) is 0 Å². The van der Waals surface area contributed by atoms with Crippen LogP contribution in [0.2, 0.25) is 0 Å². The van der Waals surface area contributed by atoms with Gasteiger partial charge in [-0.3, -0.25) is 4.57 Å². The molecule has 2 rings (SSSR count). The average Bonchev–Trinajstić information content (AvgIpc) is 2.63. The lowest BCUT2D eigenvalue weighted by Gasteiger charge is -2.08. The number of aromatic nitrogens is 3. The van der Waals surface area contributed by atoms with Crippen LogP contribution in [0.15, 0.2) is 24.8 Å². The van der Waals surface area contributed by atoms with E-state index in [-0.39, 0.29) is 6.04 Å². The quantitative estimate of drug-likeness (QED) is 0.657. The fourth-order valence-corrected chi connectivity index (χ4v) is 1.94. The van der Waals surface area contributed by atoms with Crippen LogP contribution in [0.3, 0.4) is 0 Å². The highest BCUT2D eigenvalue weighted by atomic mass is 32.1. The van der Waals surface area contributed by atoms with Gasteiger partial charge in [-0.05, 0) is 25.2 Å². The van der Waals surface area contributed by atoms with Crippen LogP contribution < -0.4 is 4.74 Å². The molecule has 0 fully saturated rings. The Hall–Kier alpha value is -1.62. The fourth-order valence-electron chi connectivity index (χ4n) is 1.58. The van der Waals surface area contributed by atoms with Crippen LogP contribution in [0.4, 0.5) is 0 Å². The number of aromatic amines is 1. The van der Waals surface area contributed by atoms with E-state index >= 15 is 0 Å². The van der Waals surface area contributed by atoms with Crippen molar-refractivity contribution < 1.29 is 4.74 Å². The van der Waals surface area contributed by atoms with Gasteiger partial charge in [0.05, 0.1) is 18.7 Å². The maximum absolute atomic E-state index is 5.25. The molecule has 2 heterocycles. The highest BCUT2D eigenvalue weighted by molar-refractivity contribution is 7.71. The largest absolute Gasteiger partial charge is 0.481 e. The predicted octanol–water partition coefficient (Wildman–Crippen LogP) is 2.85. The Morgan fingerprint density at radius 2 is 2.38 bits per heavy atom. The summed E-state index contributed by atoms with van der Waals surface area (Å²) in [6.07, 6.45) is 1.82. The van der Waals surface area contributed by atoms with Crippen LogP contribution in [-0.2, 0) is 0 Å². The van der Waals surface area contributed by atoms with E-state index in [0.717, 1.165) is 11.2 Å². The van der Waals surface area contributed by atoms with Crippen LogP contribution in [0, 0.1) is 4.77 Å². The standard InChI is InChI=1S/C11H13N3OS/c1-4-7(2)14-10-8(12-11(14)16)5-6-9(13-10)15-3/h4-7H,1H2,2-3H3,(H,12,16). The second-order valence-corrected chi connectivity index (χ2v) is 3.89. The van der Waals surface area contributed by atoms with E-state index in [1.165, 1.54) is 0 Å². The van der Waals surface area contributed by atoms with Crippen LogP contribution in [0.25, 0.3) is 11.2 Å². The van der Waals surface area contributed by atoms with E-state index in [9.17, 15) is 0 Å². The van der Waals surface area contributed by atoms with Gasteiger partial charge in [0.25, 0.3) is 0 Å². The Labute approximate surface area is 98.6 Å². The van der Waals surface area contributed by atoms with E-state index < -0.39 is 0 Å². The number of nitrogens with zero attached hydrogens (tertiary/aromatic N) is 2. The zero-order valence-electron chi connectivity index (χ0n) is 9.23. The lowest BCUT2D eigenvalue weighted by Crippen LogP contribution is -2.03. The van der Waals surface area contributed by atoms with E-state index in [2.05, 4.69) is 16.5 Å². The third-order valence-corrected chi connectivity index (χ3v) is 2.79. The van der Waals surface area contributed by atoms with Crippen molar-refractivity contribution in [3.8, 4) is 5.88 Å². The number of imidazole rings is 1. The third kappa shape index (κ3) is 1.63.